The molecule has 0 aromatic carbocycles. The van der Waals surface area contributed by atoms with Crippen molar-refractivity contribution in [3.05, 3.63) is 23.8 Å². The van der Waals surface area contributed by atoms with Gasteiger partial charge in [-0.3, -0.25) is 4.79 Å². The summed E-state index contributed by atoms with van der Waals surface area (Å²) in [4.78, 5) is 11.5. The van der Waals surface area contributed by atoms with Crippen LogP contribution in [0.5, 0.6) is 0 Å². The smallest absolute Gasteiger partial charge is 0.156 e. The van der Waals surface area contributed by atoms with Gasteiger partial charge in [0.25, 0.3) is 0 Å². The minimum Gasteiger partial charge on any atom is -0.295 e. The first kappa shape index (κ1) is 8.74. The molecule has 0 saturated heterocycles. The fourth-order valence-corrected chi connectivity index (χ4v) is 2.42. The first-order valence-electron chi connectivity index (χ1n) is 4.86. The zero-order chi connectivity index (χ0) is 9.69. The Morgan fingerprint density at radius 1 is 1.31 bits per heavy atom. The molecule has 2 rings (SSSR count). The maximum Gasteiger partial charge on any atom is 0.156 e. The number of carbonyl (C=O) groups is 1. The molecule has 1 atom stereocenters. The fraction of sp³-hybridized carbons (Fsp3) is 0.583. The number of ketones is 1. The standard InChI is InChI=1S/C12H16O/c1-9-4-5-10(13)7-12(6-9)8-11(12,2)3/h4-6H,7-8H2,1-3H3. The van der Waals surface area contributed by atoms with Gasteiger partial charge in [-0.1, -0.05) is 31.6 Å². The van der Waals surface area contributed by atoms with Crippen LogP contribution >= 0.6 is 0 Å². The van der Waals surface area contributed by atoms with Gasteiger partial charge in [-0.25, -0.2) is 0 Å². The van der Waals surface area contributed by atoms with Gasteiger partial charge in [0, 0.05) is 11.8 Å². The van der Waals surface area contributed by atoms with E-state index in [9.17, 15) is 4.79 Å². The van der Waals surface area contributed by atoms with Crippen molar-refractivity contribution in [3.63, 3.8) is 0 Å². The Labute approximate surface area is 79.5 Å². The molecule has 0 heterocycles. The Morgan fingerprint density at radius 3 is 2.46 bits per heavy atom. The second-order valence-corrected chi connectivity index (χ2v) is 5.08. The topological polar surface area (TPSA) is 17.1 Å². The summed E-state index contributed by atoms with van der Waals surface area (Å²) in [5.74, 6) is 0.277. The number of hydrogen-bond donors (Lipinski definition) is 0. The summed E-state index contributed by atoms with van der Waals surface area (Å²) in [6.07, 6.45) is 7.80. The highest BCUT2D eigenvalue weighted by molar-refractivity contribution is 5.91. The molecule has 1 unspecified atom stereocenters. The summed E-state index contributed by atoms with van der Waals surface area (Å²) >= 11 is 0. The van der Waals surface area contributed by atoms with Gasteiger partial charge in [-0.05, 0) is 24.8 Å². The van der Waals surface area contributed by atoms with E-state index < -0.39 is 0 Å². The highest BCUT2D eigenvalue weighted by Crippen LogP contribution is 2.67. The van der Waals surface area contributed by atoms with Gasteiger partial charge >= 0.3 is 0 Å². The lowest BCUT2D eigenvalue weighted by molar-refractivity contribution is -0.115. The van der Waals surface area contributed by atoms with Crippen LogP contribution in [0.4, 0.5) is 0 Å². The van der Waals surface area contributed by atoms with Crippen molar-refractivity contribution in [1.82, 2.24) is 0 Å². The zero-order valence-corrected chi connectivity index (χ0v) is 8.55. The SMILES string of the molecule is CC1=CC2(CC(=O)C=C1)CC2(C)C. The van der Waals surface area contributed by atoms with Crippen LogP contribution in [-0.4, -0.2) is 5.78 Å². The third-order valence-electron chi connectivity index (χ3n) is 3.51. The van der Waals surface area contributed by atoms with Crippen molar-refractivity contribution >= 4 is 5.78 Å². The van der Waals surface area contributed by atoms with E-state index >= 15 is 0 Å². The van der Waals surface area contributed by atoms with Crippen LogP contribution in [0, 0.1) is 10.8 Å². The summed E-state index contributed by atoms with van der Waals surface area (Å²) < 4.78 is 0. The Balaban J connectivity index is 2.34. The van der Waals surface area contributed by atoms with Crippen molar-refractivity contribution < 1.29 is 4.79 Å². The van der Waals surface area contributed by atoms with Crippen molar-refractivity contribution in [2.75, 3.05) is 0 Å². The van der Waals surface area contributed by atoms with Gasteiger partial charge in [-0.2, -0.15) is 0 Å². The fourth-order valence-electron chi connectivity index (χ4n) is 2.42. The Hall–Kier alpha value is -0.850. The van der Waals surface area contributed by atoms with E-state index in [0.29, 0.717) is 11.8 Å². The molecule has 0 aromatic rings. The summed E-state index contributed by atoms with van der Waals surface area (Å²) in [5, 5.41) is 0. The maximum absolute atomic E-state index is 11.5. The number of allylic oxidation sites excluding steroid dienone is 4. The van der Waals surface area contributed by atoms with Crippen molar-refractivity contribution in [3.8, 4) is 0 Å². The minimum absolute atomic E-state index is 0.178. The monoisotopic (exact) mass is 176 g/mol. The van der Waals surface area contributed by atoms with Crippen molar-refractivity contribution in [2.24, 2.45) is 10.8 Å². The van der Waals surface area contributed by atoms with E-state index in [-0.39, 0.29) is 11.2 Å². The molecule has 1 fully saturated rings. The Bertz CT molecular complexity index is 320. The zero-order valence-electron chi connectivity index (χ0n) is 8.55. The Morgan fingerprint density at radius 2 is 1.92 bits per heavy atom. The quantitative estimate of drug-likeness (QED) is 0.554. The molecule has 0 aliphatic heterocycles. The first-order chi connectivity index (χ1) is 5.95. The third-order valence-corrected chi connectivity index (χ3v) is 3.51. The van der Waals surface area contributed by atoms with E-state index in [1.54, 1.807) is 6.08 Å². The predicted octanol–water partition coefficient (Wildman–Crippen LogP) is 2.88. The summed E-state index contributed by atoms with van der Waals surface area (Å²) in [7, 11) is 0. The van der Waals surface area contributed by atoms with Gasteiger partial charge < -0.3 is 0 Å². The average molecular weight is 176 g/mol. The molecule has 0 radical (unpaired) electrons. The van der Waals surface area contributed by atoms with Crippen molar-refractivity contribution in [2.45, 2.75) is 33.6 Å². The molecule has 0 aromatic heterocycles. The third kappa shape index (κ3) is 1.27. The van der Waals surface area contributed by atoms with Crippen LogP contribution in [0.15, 0.2) is 23.8 Å². The summed E-state index contributed by atoms with van der Waals surface area (Å²) in [6.45, 7) is 6.57. The van der Waals surface area contributed by atoms with Gasteiger partial charge in [-0.15, -0.1) is 0 Å². The van der Waals surface area contributed by atoms with E-state index in [2.05, 4.69) is 26.8 Å². The van der Waals surface area contributed by atoms with Crippen LogP contribution in [0.3, 0.4) is 0 Å². The lowest BCUT2D eigenvalue weighted by atomic mass is 9.90. The molecular weight excluding hydrogens is 160 g/mol. The predicted molar refractivity (Wildman–Crippen MR) is 53.4 cm³/mol. The van der Waals surface area contributed by atoms with Crippen LogP contribution in [0.2, 0.25) is 0 Å². The van der Waals surface area contributed by atoms with Gasteiger partial charge in [0.1, 0.15) is 0 Å². The largest absolute Gasteiger partial charge is 0.295 e. The second kappa shape index (κ2) is 2.34. The average Bonchev–Trinajstić information content (AvgIpc) is 2.52. The van der Waals surface area contributed by atoms with Crippen LogP contribution < -0.4 is 0 Å². The number of carbonyl (C=O) groups excluding carboxylic acids is 1. The number of rotatable bonds is 0. The molecule has 2 aliphatic rings. The molecular formula is C12H16O. The first-order valence-corrected chi connectivity index (χ1v) is 4.86. The molecule has 0 amide bonds. The summed E-state index contributed by atoms with van der Waals surface area (Å²) in [5.41, 5.74) is 1.74. The molecule has 1 spiro atoms. The molecule has 13 heavy (non-hydrogen) atoms. The van der Waals surface area contributed by atoms with Crippen LogP contribution in [-0.2, 0) is 4.79 Å². The van der Waals surface area contributed by atoms with Gasteiger partial charge in [0.05, 0.1) is 0 Å². The van der Waals surface area contributed by atoms with Crippen LogP contribution in [0.1, 0.15) is 33.6 Å². The Kier molecular flexibility index (Phi) is 1.57. The lowest BCUT2D eigenvalue weighted by Crippen LogP contribution is -2.10. The molecule has 0 bridgehead atoms. The van der Waals surface area contributed by atoms with E-state index in [0.717, 1.165) is 6.42 Å². The highest BCUT2D eigenvalue weighted by atomic mass is 16.1. The molecule has 1 saturated carbocycles. The molecule has 70 valence electrons. The van der Waals surface area contributed by atoms with Crippen molar-refractivity contribution in [1.29, 1.82) is 0 Å². The molecule has 2 aliphatic carbocycles. The highest BCUT2D eigenvalue weighted by Gasteiger charge is 2.59. The van der Waals surface area contributed by atoms with E-state index in [4.69, 9.17) is 0 Å². The van der Waals surface area contributed by atoms with Gasteiger partial charge in [0.2, 0.25) is 0 Å². The maximum atomic E-state index is 11.5. The molecule has 0 N–H and O–H groups in total. The number of hydrogen-bond acceptors (Lipinski definition) is 1. The normalized spacial score (nSPS) is 35.9. The molecule has 1 heteroatoms. The lowest BCUT2D eigenvalue weighted by Gasteiger charge is -2.13. The van der Waals surface area contributed by atoms with E-state index in [1.165, 1.54) is 5.57 Å². The summed E-state index contributed by atoms with van der Waals surface area (Å²) in [6, 6.07) is 0. The second-order valence-electron chi connectivity index (χ2n) is 5.08. The minimum atomic E-state index is 0.178. The van der Waals surface area contributed by atoms with E-state index in [1.807, 2.05) is 6.08 Å². The van der Waals surface area contributed by atoms with Crippen LogP contribution in [0.25, 0.3) is 0 Å². The van der Waals surface area contributed by atoms with Gasteiger partial charge in [0.15, 0.2) is 5.78 Å². The molecule has 1 nitrogen and oxygen atoms in total.